The van der Waals surface area contributed by atoms with E-state index in [0.29, 0.717) is 18.1 Å². The first kappa shape index (κ1) is 12.9. The van der Waals surface area contributed by atoms with Crippen LogP contribution in [0.15, 0.2) is 18.2 Å². The summed E-state index contributed by atoms with van der Waals surface area (Å²) >= 11 is 5.91. The van der Waals surface area contributed by atoms with Gasteiger partial charge in [0.05, 0.1) is 12.5 Å². The Morgan fingerprint density at radius 2 is 2.39 bits per heavy atom. The van der Waals surface area contributed by atoms with Gasteiger partial charge < -0.3 is 10.2 Å². The summed E-state index contributed by atoms with van der Waals surface area (Å²) in [5, 5.41) is 12.4. The number of anilines is 1. The van der Waals surface area contributed by atoms with Crippen LogP contribution >= 0.6 is 11.6 Å². The highest BCUT2D eigenvalue weighted by molar-refractivity contribution is 6.30. The Bertz CT molecular complexity index is 509. The molecule has 0 aliphatic carbocycles. The molecule has 1 atom stereocenters. The van der Waals surface area contributed by atoms with Gasteiger partial charge in [0, 0.05) is 23.8 Å². The third-order valence-corrected chi connectivity index (χ3v) is 3.27. The van der Waals surface area contributed by atoms with Crippen molar-refractivity contribution in [2.24, 2.45) is 0 Å². The van der Waals surface area contributed by atoms with Crippen molar-refractivity contribution in [1.82, 2.24) is 5.32 Å². The van der Waals surface area contributed by atoms with Crippen molar-refractivity contribution in [2.75, 3.05) is 18.0 Å². The van der Waals surface area contributed by atoms with Crippen molar-refractivity contribution in [2.45, 2.75) is 19.4 Å². The molecule has 0 saturated carbocycles. The standard InChI is InChI=1S/C13H14ClN3O/c1-9-8-10(14)2-3-12(9)17-7-6-16-11(4-5-15)13(17)18/h2-3,8,11,16H,4,6-7H2,1H3. The highest BCUT2D eigenvalue weighted by Gasteiger charge is 2.29. The van der Waals surface area contributed by atoms with Crippen LogP contribution in [0.2, 0.25) is 5.02 Å². The van der Waals surface area contributed by atoms with Crippen LogP contribution in [0.1, 0.15) is 12.0 Å². The molecule has 0 bridgehead atoms. The molecule has 4 nitrogen and oxygen atoms in total. The molecule has 1 saturated heterocycles. The second-order valence-electron chi connectivity index (χ2n) is 4.29. The van der Waals surface area contributed by atoms with E-state index in [4.69, 9.17) is 16.9 Å². The quantitative estimate of drug-likeness (QED) is 0.886. The van der Waals surface area contributed by atoms with Crippen LogP contribution in [-0.4, -0.2) is 25.0 Å². The summed E-state index contributed by atoms with van der Waals surface area (Å²) in [5.41, 5.74) is 1.84. The summed E-state index contributed by atoms with van der Waals surface area (Å²) in [6, 6.07) is 7.10. The number of amides is 1. The van der Waals surface area contributed by atoms with E-state index >= 15 is 0 Å². The molecule has 0 spiro atoms. The Balaban J connectivity index is 2.27. The lowest BCUT2D eigenvalue weighted by Gasteiger charge is -2.33. The van der Waals surface area contributed by atoms with Gasteiger partial charge in [-0.3, -0.25) is 4.79 Å². The number of nitrogens with one attached hydrogen (secondary N) is 1. The predicted octanol–water partition coefficient (Wildman–Crippen LogP) is 1.87. The Hall–Kier alpha value is -1.57. The third-order valence-electron chi connectivity index (χ3n) is 3.04. The molecule has 2 rings (SSSR count). The summed E-state index contributed by atoms with van der Waals surface area (Å²) in [5.74, 6) is -0.0479. The first-order chi connectivity index (χ1) is 8.63. The zero-order valence-electron chi connectivity index (χ0n) is 10.1. The van der Waals surface area contributed by atoms with E-state index in [-0.39, 0.29) is 12.3 Å². The van der Waals surface area contributed by atoms with E-state index in [1.807, 2.05) is 25.1 Å². The van der Waals surface area contributed by atoms with Gasteiger partial charge >= 0.3 is 0 Å². The zero-order chi connectivity index (χ0) is 13.1. The van der Waals surface area contributed by atoms with Gasteiger partial charge in [-0.25, -0.2) is 0 Å². The molecule has 94 valence electrons. The van der Waals surface area contributed by atoms with Gasteiger partial charge in [0.25, 0.3) is 0 Å². The molecular weight excluding hydrogens is 250 g/mol. The van der Waals surface area contributed by atoms with Gasteiger partial charge in [-0.2, -0.15) is 5.26 Å². The SMILES string of the molecule is Cc1cc(Cl)ccc1N1CCNC(CC#N)C1=O. The molecule has 1 aliphatic rings. The lowest BCUT2D eigenvalue weighted by molar-refractivity contribution is -0.121. The molecule has 1 heterocycles. The van der Waals surface area contributed by atoms with E-state index in [1.54, 1.807) is 11.0 Å². The molecule has 1 aromatic rings. The molecule has 5 heteroatoms. The van der Waals surface area contributed by atoms with E-state index in [1.165, 1.54) is 0 Å². The maximum atomic E-state index is 12.2. The van der Waals surface area contributed by atoms with E-state index in [0.717, 1.165) is 11.3 Å². The number of carbonyl (C=O) groups is 1. The van der Waals surface area contributed by atoms with Gasteiger partial charge in [-0.05, 0) is 30.7 Å². The molecule has 1 aliphatic heterocycles. The minimum atomic E-state index is -0.404. The number of hydrogen-bond donors (Lipinski definition) is 1. The van der Waals surface area contributed by atoms with E-state index < -0.39 is 6.04 Å². The Labute approximate surface area is 111 Å². The van der Waals surface area contributed by atoms with Crippen LogP contribution in [0.3, 0.4) is 0 Å². The number of rotatable bonds is 2. The predicted molar refractivity (Wildman–Crippen MR) is 70.6 cm³/mol. The molecule has 0 aromatic heterocycles. The number of nitrogens with zero attached hydrogens (tertiary/aromatic N) is 2. The third kappa shape index (κ3) is 2.47. The fraction of sp³-hybridized carbons (Fsp3) is 0.385. The van der Waals surface area contributed by atoms with Crippen molar-refractivity contribution in [3.63, 3.8) is 0 Å². The summed E-state index contributed by atoms with van der Waals surface area (Å²) in [7, 11) is 0. The van der Waals surface area contributed by atoms with Crippen molar-refractivity contribution in [1.29, 1.82) is 5.26 Å². The largest absolute Gasteiger partial charge is 0.309 e. The maximum Gasteiger partial charge on any atom is 0.245 e. The van der Waals surface area contributed by atoms with Crippen molar-refractivity contribution < 1.29 is 4.79 Å². The molecule has 1 amide bonds. The van der Waals surface area contributed by atoms with Crippen molar-refractivity contribution >= 4 is 23.2 Å². The number of piperazine rings is 1. The smallest absolute Gasteiger partial charge is 0.245 e. The van der Waals surface area contributed by atoms with Crippen LogP contribution in [0.5, 0.6) is 0 Å². The first-order valence-electron chi connectivity index (χ1n) is 5.81. The highest BCUT2D eigenvalue weighted by atomic mass is 35.5. The van der Waals surface area contributed by atoms with Crippen LogP contribution in [0.25, 0.3) is 0 Å². The molecule has 1 N–H and O–H groups in total. The molecule has 0 radical (unpaired) electrons. The second kappa shape index (κ2) is 5.38. The molecular formula is C13H14ClN3O. The number of benzene rings is 1. The maximum absolute atomic E-state index is 12.2. The highest BCUT2D eigenvalue weighted by Crippen LogP contribution is 2.25. The zero-order valence-corrected chi connectivity index (χ0v) is 10.9. The average molecular weight is 264 g/mol. The minimum Gasteiger partial charge on any atom is -0.309 e. The molecule has 18 heavy (non-hydrogen) atoms. The van der Waals surface area contributed by atoms with Gasteiger partial charge in [0.15, 0.2) is 0 Å². The fourth-order valence-electron chi connectivity index (χ4n) is 2.15. The van der Waals surface area contributed by atoms with Gasteiger partial charge in [-0.1, -0.05) is 11.6 Å². The topological polar surface area (TPSA) is 56.1 Å². The fourth-order valence-corrected chi connectivity index (χ4v) is 2.37. The average Bonchev–Trinajstić information content (AvgIpc) is 2.33. The number of hydrogen-bond acceptors (Lipinski definition) is 3. The number of halogens is 1. The number of aryl methyl sites for hydroxylation is 1. The van der Waals surface area contributed by atoms with Gasteiger partial charge in [0.2, 0.25) is 5.91 Å². The van der Waals surface area contributed by atoms with Crippen LogP contribution in [-0.2, 0) is 4.79 Å². The summed E-state index contributed by atoms with van der Waals surface area (Å²) in [6.07, 6.45) is 0.196. The van der Waals surface area contributed by atoms with Crippen LogP contribution in [0, 0.1) is 18.3 Å². The van der Waals surface area contributed by atoms with E-state index in [9.17, 15) is 4.79 Å². The lowest BCUT2D eigenvalue weighted by atomic mass is 10.1. The Morgan fingerprint density at radius 1 is 1.61 bits per heavy atom. The molecule has 1 unspecified atom stereocenters. The van der Waals surface area contributed by atoms with Gasteiger partial charge in [0.1, 0.15) is 6.04 Å². The second-order valence-corrected chi connectivity index (χ2v) is 4.73. The van der Waals surface area contributed by atoms with Crippen LogP contribution in [0.4, 0.5) is 5.69 Å². The summed E-state index contributed by atoms with van der Waals surface area (Å²) < 4.78 is 0. The first-order valence-corrected chi connectivity index (χ1v) is 6.19. The Morgan fingerprint density at radius 3 is 3.06 bits per heavy atom. The van der Waals surface area contributed by atoms with E-state index in [2.05, 4.69) is 5.32 Å². The normalized spacial score (nSPS) is 19.7. The summed E-state index contributed by atoms with van der Waals surface area (Å²) in [6.45, 7) is 3.24. The molecule has 1 fully saturated rings. The Kier molecular flexibility index (Phi) is 3.85. The molecule has 1 aromatic carbocycles. The van der Waals surface area contributed by atoms with Crippen molar-refractivity contribution in [3.05, 3.63) is 28.8 Å². The number of nitriles is 1. The van der Waals surface area contributed by atoms with Gasteiger partial charge in [-0.15, -0.1) is 0 Å². The van der Waals surface area contributed by atoms with Crippen LogP contribution < -0.4 is 10.2 Å². The number of carbonyl (C=O) groups excluding carboxylic acids is 1. The monoisotopic (exact) mass is 263 g/mol. The lowest BCUT2D eigenvalue weighted by Crippen LogP contribution is -2.55. The minimum absolute atomic E-state index is 0.0479. The summed E-state index contributed by atoms with van der Waals surface area (Å²) in [4.78, 5) is 14.0. The van der Waals surface area contributed by atoms with Crippen molar-refractivity contribution in [3.8, 4) is 6.07 Å².